The minimum atomic E-state index is -1.25. The first-order valence-electron chi connectivity index (χ1n) is 49.1. The van der Waals surface area contributed by atoms with E-state index in [-0.39, 0.29) is 174 Å². The molecule has 17 N–H and O–H groups in total. The predicted molar refractivity (Wildman–Crippen MR) is 543 cm³/mol. The zero-order valence-corrected chi connectivity index (χ0v) is 85.8. The average molecular weight is 2200 g/mol. The predicted octanol–water partition coefficient (Wildman–Crippen LogP) is 2.16. The van der Waals surface area contributed by atoms with E-state index >= 15 is 0 Å². The number of carboxylic acids is 7. The number of urea groups is 2. The fourth-order valence-corrected chi connectivity index (χ4v) is 14.9. The third-order valence-corrected chi connectivity index (χ3v) is 22.8. The van der Waals surface area contributed by atoms with E-state index in [0.717, 1.165) is 22.0 Å². The van der Waals surface area contributed by atoms with Crippen LogP contribution in [0.15, 0.2) is 79.0 Å². The zero-order valence-electron chi connectivity index (χ0n) is 82.9. The van der Waals surface area contributed by atoms with Crippen molar-refractivity contribution in [1.29, 1.82) is 0 Å². The van der Waals surface area contributed by atoms with Crippen molar-refractivity contribution in [3.05, 3.63) is 93.7 Å². The van der Waals surface area contributed by atoms with Crippen LogP contribution in [0.25, 0.3) is 11.3 Å². The number of aliphatic carboxylic acids is 7. The highest BCUT2D eigenvalue weighted by Gasteiger charge is 2.30. The lowest BCUT2D eigenvalue weighted by Crippen LogP contribution is -2.53. The first kappa shape index (κ1) is 126. The lowest BCUT2D eigenvalue weighted by atomic mass is 10.0. The second kappa shape index (κ2) is 79.4. The van der Waals surface area contributed by atoms with Crippen LogP contribution in [0.1, 0.15) is 101 Å². The molecule has 0 spiro atoms. The Balaban J connectivity index is 0.912. The molecule has 51 heteroatoms. The van der Waals surface area contributed by atoms with Crippen LogP contribution in [-0.4, -0.2) is 440 Å². The fraction of sp³-hybridized carbons (Fsp3) is 0.642. The zero-order chi connectivity index (χ0) is 106. The molecular weight excluding hydrogens is 2050 g/mol. The SMILES string of the molecule is O=C(O)CCCNC(=O)N[C@@H](CCCCNC(=O)Nc1cccc(-c2cn(CC(=O)N[C@@H](CCCCNC(=S)Nc3ccc(CC4CN(CC(=O)O)CCN(CC(=O)O)CCN(CC(=O)O)CCN4CC(=O)O)cc3)C(=O)NCCOCCOCCOCCOCCOCCOCCOCCOCCOCCOCCOCCOCCC(=O)N[C@@H](CCCCNC(=O)CCCc3ccc(I)cc3)C(=O)O)nn2)c1)C(=O)O. The van der Waals surface area contributed by atoms with E-state index in [2.05, 4.69) is 98.2 Å². The Kier molecular flexibility index (Phi) is 68.4. The largest absolute Gasteiger partial charge is 0.481 e. The maximum Gasteiger partial charge on any atom is 0.326 e. The van der Waals surface area contributed by atoms with Gasteiger partial charge < -0.3 is 146 Å². The summed E-state index contributed by atoms with van der Waals surface area (Å²) in [5.41, 5.74) is 3.85. The number of hydrogen-bond donors (Lipinski definition) is 17. The first-order chi connectivity index (χ1) is 70.5. The van der Waals surface area contributed by atoms with E-state index in [1.165, 1.54) is 16.4 Å². The summed E-state index contributed by atoms with van der Waals surface area (Å²) in [6.07, 6.45) is 7.08. The van der Waals surface area contributed by atoms with Gasteiger partial charge in [-0.1, -0.05) is 41.6 Å². The Morgan fingerprint density at radius 3 is 1.32 bits per heavy atom. The second-order valence-electron chi connectivity index (χ2n) is 33.6. The van der Waals surface area contributed by atoms with Gasteiger partial charge in [0.25, 0.3) is 0 Å². The summed E-state index contributed by atoms with van der Waals surface area (Å²) < 4.78 is 69.3. The van der Waals surface area contributed by atoms with Gasteiger partial charge in [-0.15, -0.1) is 5.10 Å². The summed E-state index contributed by atoms with van der Waals surface area (Å²) in [4.78, 5) is 166. The van der Waals surface area contributed by atoms with Crippen LogP contribution in [-0.2, 0) is 129 Å². The van der Waals surface area contributed by atoms with Crippen molar-refractivity contribution in [2.24, 2.45) is 0 Å². The topological polar surface area (TPSA) is 638 Å². The number of ether oxygens (including phenoxy) is 12. The number of hydrogen-bond acceptors (Lipinski definition) is 32. The Hall–Kier alpha value is -10.7. The number of anilines is 2. The van der Waals surface area contributed by atoms with Gasteiger partial charge in [0, 0.05) is 124 Å². The average Bonchev–Trinajstić information content (AvgIpc) is 1.46. The summed E-state index contributed by atoms with van der Waals surface area (Å²) in [5, 5.41) is 104. The van der Waals surface area contributed by atoms with Crippen molar-refractivity contribution < 1.29 is 155 Å². The third-order valence-electron chi connectivity index (χ3n) is 21.8. The molecule has 8 amide bonds. The van der Waals surface area contributed by atoms with E-state index in [1.807, 2.05) is 24.3 Å². The molecule has 0 bridgehead atoms. The number of carboxylic acid groups (broad SMARTS) is 7. The molecule has 0 radical (unpaired) electrons. The van der Waals surface area contributed by atoms with E-state index in [1.54, 1.807) is 56.0 Å². The van der Waals surface area contributed by atoms with E-state index in [9.17, 15) is 93.0 Å². The lowest BCUT2D eigenvalue weighted by Gasteiger charge is -2.37. The quantitative estimate of drug-likeness (QED) is 0.0171. The van der Waals surface area contributed by atoms with Gasteiger partial charge in [0.1, 0.15) is 30.4 Å². The highest BCUT2D eigenvalue weighted by atomic mass is 127. The summed E-state index contributed by atoms with van der Waals surface area (Å²) in [6.45, 7) is 8.25. The molecule has 1 aliphatic heterocycles. The summed E-state index contributed by atoms with van der Waals surface area (Å²) in [7, 11) is 0. The number of amides is 8. The van der Waals surface area contributed by atoms with Crippen LogP contribution in [0.2, 0.25) is 0 Å². The first-order valence-corrected chi connectivity index (χ1v) is 50.5. The van der Waals surface area contributed by atoms with E-state index in [0.29, 0.717) is 206 Å². The highest BCUT2D eigenvalue weighted by molar-refractivity contribution is 14.1. The molecule has 818 valence electrons. The van der Waals surface area contributed by atoms with Crippen molar-refractivity contribution in [3.63, 3.8) is 0 Å². The summed E-state index contributed by atoms with van der Waals surface area (Å²) in [6, 6.07) is 17.0. The number of carbonyl (C=O) groups excluding carboxylic acids is 6. The number of unbranched alkanes of at least 4 members (excludes halogenated alkanes) is 3. The fourth-order valence-electron chi connectivity index (χ4n) is 14.4. The Morgan fingerprint density at radius 1 is 0.377 bits per heavy atom. The second-order valence-corrected chi connectivity index (χ2v) is 35.3. The van der Waals surface area contributed by atoms with Gasteiger partial charge in [-0.25, -0.2) is 23.9 Å². The van der Waals surface area contributed by atoms with Crippen molar-refractivity contribution in [3.8, 4) is 11.3 Å². The van der Waals surface area contributed by atoms with Crippen molar-refractivity contribution >= 4 is 129 Å². The highest BCUT2D eigenvalue weighted by Crippen LogP contribution is 2.22. The molecule has 5 rings (SSSR count). The summed E-state index contributed by atoms with van der Waals surface area (Å²) in [5.74, 6) is -9.35. The molecule has 0 aliphatic carbocycles. The van der Waals surface area contributed by atoms with Crippen molar-refractivity contribution in [2.75, 3.05) is 274 Å². The number of halogens is 1. The van der Waals surface area contributed by atoms with Gasteiger partial charge in [-0.05, 0) is 166 Å². The van der Waals surface area contributed by atoms with Crippen LogP contribution in [0.5, 0.6) is 0 Å². The van der Waals surface area contributed by atoms with Crippen LogP contribution in [0.3, 0.4) is 0 Å². The smallest absolute Gasteiger partial charge is 0.326 e. The van der Waals surface area contributed by atoms with E-state index in [4.69, 9.17) is 74.2 Å². The minimum Gasteiger partial charge on any atom is -0.481 e. The Morgan fingerprint density at radius 2 is 0.815 bits per heavy atom. The number of rotatable bonds is 83. The van der Waals surface area contributed by atoms with Gasteiger partial charge in [0.2, 0.25) is 23.6 Å². The molecule has 1 aromatic heterocycles. The van der Waals surface area contributed by atoms with Gasteiger partial charge in [0.05, 0.1) is 191 Å². The molecule has 4 atom stereocenters. The Bertz CT molecular complexity index is 4430. The molecular formula is C95H148IN17O32S. The van der Waals surface area contributed by atoms with Crippen molar-refractivity contribution in [2.45, 2.75) is 133 Å². The molecule has 49 nitrogen and oxygen atoms in total. The molecule has 146 heavy (non-hydrogen) atoms. The number of nitrogens with one attached hydrogen (secondary N) is 10. The minimum absolute atomic E-state index is 0.00815. The number of thiocarbonyl (C=S) groups is 1. The maximum atomic E-state index is 13.9. The van der Waals surface area contributed by atoms with Crippen LogP contribution in [0.4, 0.5) is 21.0 Å². The van der Waals surface area contributed by atoms with Gasteiger partial charge in [-0.3, -0.25) is 62.8 Å². The third kappa shape index (κ3) is 64.4. The van der Waals surface area contributed by atoms with Crippen molar-refractivity contribution in [1.82, 2.24) is 77.1 Å². The molecule has 1 unspecified atom stereocenters. The number of benzene rings is 3. The van der Waals surface area contributed by atoms with Gasteiger partial charge in [-0.2, -0.15) is 0 Å². The normalized spacial score (nSPS) is 14.0. The van der Waals surface area contributed by atoms with E-state index < -0.39 is 109 Å². The number of aromatic nitrogens is 3. The molecule has 1 fully saturated rings. The van der Waals surface area contributed by atoms with Crippen LogP contribution < -0.4 is 53.2 Å². The van der Waals surface area contributed by atoms with Crippen LogP contribution >= 0.6 is 34.8 Å². The monoisotopic (exact) mass is 2200 g/mol. The molecule has 4 aromatic rings. The molecule has 0 saturated carbocycles. The standard InChI is InChI=1S/C95H148IN17O32S/c96-74-22-18-71(19-23-74)10-7-16-82(114)97-27-4-2-14-79(91(128)129)105-83(115)26-38-134-40-42-136-44-46-138-48-50-140-52-54-142-56-58-144-60-61-145-59-57-143-55-53-141-51-49-139-47-45-137-43-41-135-39-31-98-90(127)78(104-84(116)66-113-65-81(107-108-113)73-11-8-12-76(63-73)102-93(132)99-28-5-3-15-80(92(130)131)106-94(133)100-30-9-17-85(117)118)13-1-6-29-101-95(146)103-75-24-20-72(21-25-75)62-77-64-111(69-88(123)124)35-34-109(67-86(119)120)32-33-110(68-87(121)122)36-37-112(77)70-89(125)126/h8,11-12,18-25,63,65,77-80H,1-7,9-10,13-17,26-62,64,66-70H2,(H,97,114)(H,98,127)(H,104,116)(H,105,115)(H,117,118)(H,119,120)(H,121,122)(H,123,124)(H,125,126)(H,128,129)(H,130,131)(H2,99,102,132)(H2,100,106,133)(H2,101,103,146)/t77?,78-,79-,80-/m0/s1. The maximum absolute atomic E-state index is 13.9. The molecule has 1 aliphatic rings. The molecule has 3 aromatic carbocycles. The lowest BCUT2D eigenvalue weighted by molar-refractivity contribution is -0.142. The molecule has 1 saturated heterocycles. The number of nitrogens with zero attached hydrogens (tertiary/aromatic N) is 7. The number of carbonyl (C=O) groups is 13. The molecule has 2 heterocycles. The summed E-state index contributed by atoms with van der Waals surface area (Å²) >= 11 is 7.90. The van der Waals surface area contributed by atoms with Crippen LogP contribution in [0, 0.1) is 3.57 Å². The Labute approximate surface area is 868 Å². The van der Waals surface area contributed by atoms with Gasteiger partial charge in [0.15, 0.2) is 5.11 Å². The van der Waals surface area contributed by atoms with Gasteiger partial charge >= 0.3 is 53.8 Å². The number of aryl methyl sites for hydroxylation is 1.